The first kappa shape index (κ1) is 16.8. The quantitative estimate of drug-likeness (QED) is 0.804. The molecular formula is C17H26N2O3. The summed E-state index contributed by atoms with van der Waals surface area (Å²) in [6, 6.07) is 7.48. The van der Waals surface area contributed by atoms with E-state index in [1.807, 2.05) is 24.3 Å². The van der Waals surface area contributed by atoms with Gasteiger partial charge in [-0.25, -0.2) is 4.79 Å². The maximum atomic E-state index is 12.1. The number of amides is 2. The van der Waals surface area contributed by atoms with Crippen molar-refractivity contribution >= 4 is 11.7 Å². The van der Waals surface area contributed by atoms with Gasteiger partial charge in [0.05, 0.1) is 5.60 Å². The van der Waals surface area contributed by atoms with Crippen molar-refractivity contribution in [1.29, 1.82) is 0 Å². The molecule has 1 aromatic carbocycles. The summed E-state index contributed by atoms with van der Waals surface area (Å²) in [6.07, 6.45) is 1.09. The molecule has 1 aromatic rings. The van der Waals surface area contributed by atoms with Gasteiger partial charge in [-0.2, -0.15) is 0 Å². The van der Waals surface area contributed by atoms with E-state index in [2.05, 4.69) is 31.4 Å². The number of rotatable bonds is 3. The Labute approximate surface area is 132 Å². The van der Waals surface area contributed by atoms with Crippen LogP contribution in [0.4, 0.5) is 10.5 Å². The van der Waals surface area contributed by atoms with Crippen LogP contribution < -0.4 is 10.6 Å². The van der Waals surface area contributed by atoms with E-state index in [1.54, 1.807) is 0 Å². The van der Waals surface area contributed by atoms with Crippen LogP contribution in [-0.2, 0) is 10.2 Å². The predicted molar refractivity (Wildman–Crippen MR) is 87.2 cm³/mol. The van der Waals surface area contributed by atoms with Crippen molar-refractivity contribution in [3.63, 3.8) is 0 Å². The molecule has 1 heterocycles. The Morgan fingerprint density at radius 3 is 2.55 bits per heavy atom. The number of aliphatic hydroxyl groups is 1. The lowest BCUT2D eigenvalue weighted by Crippen LogP contribution is -2.47. The zero-order chi connectivity index (χ0) is 16.2. The Morgan fingerprint density at radius 1 is 1.27 bits per heavy atom. The Hall–Kier alpha value is -1.59. The molecule has 0 spiro atoms. The van der Waals surface area contributed by atoms with Crippen molar-refractivity contribution in [3.8, 4) is 0 Å². The largest absolute Gasteiger partial charge is 0.388 e. The molecule has 3 N–H and O–H groups in total. The van der Waals surface area contributed by atoms with Crippen LogP contribution in [0.1, 0.15) is 39.2 Å². The number of anilines is 1. The minimum atomic E-state index is -0.862. The second-order valence-corrected chi connectivity index (χ2v) is 6.94. The van der Waals surface area contributed by atoms with Gasteiger partial charge in [0.25, 0.3) is 0 Å². The van der Waals surface area contributed by atoms with Gasteiger partial charge < -0.3 is 20.5 Å². The average molecular weight is 306 g/mol. The van der Waals surface area contributed by atoms with Crippen LogP contribution in [-0.4, -0.2) is 36.5 Å². The number of carbonyl (C=O) groups excluding carboxylic acids is 1. The average Bonchev–Trinajstić information content (AvgIpc) is 2.46. The lowest BCUT2D eigenvalue weighted by molar-refractivity contribution is -0.0598. The lowest BCUT2D eigenvalue weighted by atomic mass is 9.86. The SMILES string of the molecule is CC(C)(C)c1ccccc1NC(=O)NCC1(O)CCOCC1. The molecule has 2 amide bonds. The highest BCUT2D eigenvalue weighted by atomic mass is 16.5. The molecule has 1 fully saturated rings. The first-order chi connectivity index (χ1) is 10.3. The molecule has 1 saturated heterocycles. The summed E-state index contributed by atoms with van der Waals surface area (Å²) in [5.74, 6) is 0. The van der Waals surface area contributed by atoms with E-state index in [9.17, 15) is 9.90 Å². The summed E-state index contributed by atoms with van der Waals surface area (Å²) in [6.45, 7) is 7.63. The number of hydrogen-bond donors (Lipinski definition) is 3. The van der Waals surface area contributed by atoms with E-state index < -0.39 is 5.60 Å². The lowest BCUT2D eigenvalue weighted by Gasteiger charge is -2.32. The van der Waals surface area contributed by atoms with Crippen molar-refractivity contribution in [1.82, 2.24) is 5.32 Å². The molecule has 0 aliphatic carbocycles. The summed E-state index contributed by atoms with van der Waals surface area (Å²) in [5.41, 5.74) is 0.962. The number of ether oxygens (including phenoxy) is 1. The van der Waals surface area contributed by atoms with Gasteiger partial charge in [-0.3, -0.25) is 0 Å². The predicted octanol–water partition coefficient (Wildman–Crippen LogP) is 2.65. The minimum absolute atomic E-state index is 0.0528. The highest BCUT2D eigenvalue weighted by Crippen LogP contribution is 2.29. The Morgan fingerprint density at radius 2 is 1.91 bits per heavy atom. The van der Waals surface area contributed by atoms with Gasteiger partial charge in [0.2, 0.25) is 0 Å². The molecule has 22 heavy (non-hydrogen) atoms. The number of hydrogen-bond acceptors (Lipinski definition) is 3. The van der Waals surface area contributed by atoms with Gasteiger partial charge in [-0.05, 0) is 17.0 Å². The molecule has 0 atom stereocenters. The fourth-order valence-corrected chi connectivity index (χ4v) is 2.59. The molecular weight excluding hydrogens is 280 g/mol. The fraction of sp³-hybridized carbons (Fsp3) is 0.588. The number of urea groups is 1. The van der Waals surface area contributed by atoms with Crippen molar-refractivity contribution in [2.24, 2.45) is 0 Å². The third kappa shape index (κ3) is 4.45. The number of carbonyl (C=O) groups is 1. The number of nitrogens with one attached hydrogen (secondary N) is 2. The second-order valence-electron chi connectivity index (χ2n) is 6.94. The van der Waals surface area contributed by atoms with Crippen molar-refractivity contribution in [3.05, 3.63) is 29.8 Å². The summed E-state index contributed by atoms with van der Waals surface area (Å²) in [4.78, 5) is 12.1. The fourth-order valence-electron chi connectivity index (χ4n) is 2.59. The molecule has 0 unspecified atom stereocenters. The van der Waals surface area contributed by atoms with Gasteiger partial charge in [0.1, 0.15) is 0 Å². The number of benzene rings is 1. The molecule has 0 saturated carbocycles. The monoisotopic (exact) mass is 306 g/mol. The van der Waals surface area contributed by atoms with Gasteiger partial charge in [0, 0.05) is 38.3 Å². The van der Waals surface area contributed by atoms with E-state index in [0.29, 0.717) is 26.1 Å². The van der Waals surface area contributed by atoms with E-state index >= 15 is 0 Å². The zero-order valence-electron chi connectivity index (χ0n) is 13.6. The van der Waals surface area contributed by atoms with Crippen LogP contribution >= 0.6 is 0 Å². The van der Waals surface area contributed by atoms with E-state index in [-0.39, 0.29) is 18.0 Å². The summed E-state index contributed by atoms with van der Waals surface area (Å²) in [5, 5.41) is 16.0. The third-order valence-corrected chi connectivity index (χ3v) is 3.98. The maximum absolute atomic E-state index is 12.1. The standard InChI is InChI=1S/C17H26N2O3/c1-16(2,3)13-6-4-5-7-14(13)19-15(20)18-12-17(21)8-10-22-11-9-17/h4-7,21H,8-12H2,1-3H3,(H2,18,19,20). The number of para-hydroxylation sites is 1. The van der Waals surface area contributed by atoms with Crippen LogP contribution in [0.3, 0.4) is 0 Å². The van der Waals surface area contributed by atoms with Crippen molar-refractivity contribution in [2.45, 2.75) is 44.6 Å². The molecule has 1 aliphatic rings. The molecule has 2 rings (SSSR count). The summed E-state index contributed by atoms with van der Waals surface area (Å²) >= 11 is 0. The van der Waals surface area contributed by atoms with Crippen molar-refractivity contribution < 1.29 is 14.6 Å². The van der Waals surface area contributed by atoms with E-state index in [4.69, 9.17) is 4.74 Å². The van der Waals surface area contributed by atoms with Gasteiger partial charge >= 0.3 is 6.03 Å². The first-order valence-corrected chi connectivity index (χ1v) is 7.75. The Kier molecular flexibility index (Phi) is 5.08. The topological polar surface area (TPSA) is 70.6 Å². The highest BCUT2D eigenvalue weighted by Gasteiger charge is 2.30. The molecule has 122 valence electrons. The van der Waals surface area contributed by atoms with Crippen LogP contribution in [0.15, 0.2) is 24.3 Å². The zero-order valence-corrected chi connectivity index (χ0v) is 13.6. The van der Waals surface area contributed by atoms with Crippen LogP contribution in [0, 0.1) is 0 Å². The van der Waals surface area contributed by atoms with Gasteiger partial charge in [-0.1, -0.05) is 39.0 Å². The molecule has 0 radical (unpaired) electrons. The Balaban J connectivity index is 1.95. The second kappa shape index (κ2) is 6.67. The van der Waals surface area contributed by atoms with Crippen LogP contribution in [0.5, 0.6) is 0 Å². The molecule has 5 heteroatoms. The summed E-state index contributed by atoms with van der Waals surface area (Å²) < 4.78 is 5.23. The van der Waals surface area contributed by atoms with Gasteiger partial charge in [0.15, 0.2) is 0 Å². The maximum Gasteiger partial charge on any atom is 0.319 e. The Bertz CT molecular complexity index is 517. The molecule has 1 aliphatic heterocycles. The molecule has 0 aromatic heterocycles. The first-order valence-electron chi connectivity index (χ1n) is 7.75. The minimum Gasteiger partial charge on any atom is -0.388 e. The highest BCUT2D eigenvalue weighted by molar-refractivity contribution is 5.90. The van der Waals surface area contributed by atoms with Crippen LogP contribution in [0.2, 0.25) is 0 Å². The molecule has 0 bridgehead atoms. The summed E-state index contributed by atoms with van der Waals surface area (Å²) in [7, 11) is 0. The smallest absolute Gasteiger partial charge is 0.319 e. The normalized spacial score (nSPS) is 17.8. The van der Waals surface area contributed by atoms with E-state index in [0.717, 1.165) is 11.3 Å². The van der Waals surface area contributed by atoms with Gasteiger partial charge in [-0.15, -0.1) is 0 Å². The van der Waals surface area contributed by atoms with E-state index in [1.165, 1.54) is 0 Å². The third-order valence-electron chi connectivity index (χ3n) is 3.98. The molecule has 5 nitrogen and oxygen atoms in total. The van der Waals surface area contributed by atoms with Crippen LogP contribution in [0.25, 0.3) is 0 Å². The van der Waals surface area contributed by atoms with Crippen molar-refractivity contribution in [2.75, 3.05) is 25.1 Å².